The Bertz CT molecular complexity index is 185. The summed E-state index contributed by atoms with van der Waals surface area (Å²) in [5.74, 6) is 0.904. The number of hydrogen-bond donors (Lipinski definition) is 0. The van der Waals surface area contributed by atoms with E-state index >= 15 is 0 Å². The van der Waals surface area contributed by atoms with Crippen molar-refractivity contribution in [1.82, 2.24) is 0 Å². The van der Waals surface area contributed by atoms with Gasteiger partial charge in [0.25, 0.3) is 0 Å². The number of rotatable bonds is 4. The molecule has 15 heavy (non-hydrogen) atoms. The number of carbonyl (C=O) groups excluding carboxylic acids is 4. The van der Waals surface area contributed by atoms with Crippen molar-refractivity contribution in [2.24, 2.45) is 5.92 Å². The van der Waals surface area contributed by atoms with Gasteiger partial charge in [-0.1, -0.05) is 32.4 Å². The van der Waals surface area contributed by atoms with E-state index in [0.29, 0.717) is 0 Å². The number of allylic oxidation sites excluding steroid dienone is 2. The molecule has 0 spiro atoms. The minimum absolute atomic E-state index is 0.250. The monoisotopic (exact) mass is 214 g/mol. The Morgan fingerprint density at radius 1 is 1.13 bits per heavy atom. The molecule has 86 valence electrons. The van der Waals surface area contributed by atoms with Crippen LogP contribution >= 0.6 is 0 Å². The molecule has 0 saturated heterocycles. The maximum atomic E-state index is 8.12. The first-order chi connectivity index (χ1) is 7.14. The predicted octanol–water partition coefficient (Wildman–Crippen LogP) is 2.22. The van der Waals surface area contributed by atoms with Crippen LogP contribution in [0.25, 0.3) is 0 Å². The second-order valence-electron chi connectivity index (χ2n) is 2.83. The Morgan fingerprint density at radius 2 is 1.53 bits per heavy atom. The van der Waals surface area contributed by atoms with Crippen molar-refractivity contribution in [2.75, 3.05) is 0 Å². The lowest BCUT2D eigenvalue weighted by Crippen LogP contribution is -1.89. The van der Waals surface area contributed by atoms with Gasteiger partial charge < -0.3 is 0 Å². The lowest BCUT2D eigenvalue weighted by molar-refractivity contribution is -0.193. The molecule has 4 nitrogen and oxygen atoms in total. The van der Waals surface area contributed by atoms with Gasteiger partial charge in [-0.3, -0.25) is 0 Å². The highest BCUT2D eigenvalue weighted by Crippen LogP contribution is 2.08. The van der Waals surface area contributed by atoms with Crippen LogP contribution in [0.15, 0.2) is 12.2 Å². The Hall–Kier alpha value is -1.50. The molecule has 4 heteroatoms. The molecule has 0 aromatic heterocycles. The highest BCUT2D eigenvalue weighted by atomic mass is 16.2. The highest BCUT2D eigenvalue weighted by molar-refractivity contribution is 5.20. The average Bonchev–Trinajstić information content (AvgIpc) is 2.20. The summed E-state index contributed by atoms with van der Waals surface area (Å²) in [6.07, 6.45) is 8.79. The van der Waals surface area contributed by atoms with Gasteiger partial charge >= 0.3 is 12.3 Å². The SMILES string of the molecule is C/C=C\CCC(C)CC.O=C=O.O=C=O. The first-order valence-corrected chi connectivity index (χ1v) is 4.74. The van der Waals surface area contributed by atoms with Gasteiger partial charge in [0.05, 0.1) is 0 Å². The van der Waals surface area contributed by atoms with Crippen molar-refractivity contribution in [2.45, 2.75) is 40.0 Å². The predicted molar refractivity (Wildman–Crippen MR) is 53.5 cm³/mol. The standard InChI is InChI=1S/C9H18.2CO2/c1-4-6-7-8-9(3)5-2;2*2-1-3/h4,6,9H,5,7-8H2,1-3H3;;/b6-4-;;. The van der Waals surface area contributed by atoms with E-state index < -0.39 is 0 Å². The van der Waals surface area contributed by atoms with Gasteiger partial charge in [0.1, 0.15) is 0 Å². The van der Waals surface area contributed by atoms with Crippen LogP contribution in [0.3, 0.4) is 0 Å². The van der Waals surface area contributed by atoms with E-state index in [1.165, 1.54) is 19.3 Å². The molecule has 0 rings (SSSR count). The lowest BCUT2D eigenvalue weighted by Gasteiger charge is -2.03. The van der Waals surface area contributed by atoms with Crippen LogP contribution in [0, 0.1) is 5.92 Å². The quantitative estimate of drug-likeness (QED) is 0.673. The van der Waals surface area contributed by atoms with Crippen LogP contribution in [0.2, 0.25) is 0 Å². The van der Waals surface area contributed by atoms with E-state index in [2.05, 4.69) is 32.9 Å². The zero-order chi connectivity index (χ0) is 12.5. The largest absolute Gasteiger partial charge is 0.373 e. The van der Waals surface area contributed by atoms with Crippen LogP contribution in [0.5, 0.6) is 0 Å². The molecule has 0 aromatic carbocycles. The summed E-state index contributed by atoms with van der Waals surface area (Å²) >= 11 is 0. The van der Waals surface area contributed by atoms with Crippen LogP contribution in [0.4, 0.5) is 0 Å². The summed E-state index contributed by atoms with van der Waals surface area (Å²) < 4.78 is 0. The maximum absolute atomic E-state index is 8.12. The van der Waals surface area contributed by atoms with Crippen LogP contribution in [0.1, 0.15) is 40.0 Å². The molecule has 0 aromatic rings. The van der Waals surface area contributed by atoms with Crippen molar-refractivity contribution in [3.63, 3.8) is 0 Å². The third-order valence-corrected chi connectivity index (χ3v) is 1.76. The van der Waals surface area contributed by atoms with Crippen molar-refractivity contribution >= 4 is 12.3 Å². The van der Waals surface area contributed by atoms with Gasteiger partial charge in [-0.2, -0.15) is 19.2 Å². The van der Waals surface area contributed by atoms with Crippen LogP contribution in [-0.4, -0.2) is 12.3 Å². The van der Waals surface area contributed by atoms with Gasteiger partial charge in [-0.15, -0.1) is 0 Å². The molecule has 0 radical (unpaired) electrons. The third-order valence-electron chi connectivity index (χ3n) is 1.76. The summed E-state index contributed by atoms with van der Waals surface area (Å²) in [6, 6.07) is 0. The maximum Gasteiger partial charge on any atom is 0.373 e. The molecule has 1 atom stereocenters. The van der Waals surface area contributed by atoms with Crippen molar-refractivity contribution in [3.05, 3.63) is 12.2 Å². The summed E-state index contributed by atoms with van der Waals surface area (Å²) in [5, 5.41) is 0. The fraction of sp³-hybridized carbons (Fsp3) is 0.636. The Kier molecular flexibility index (Phi) is 29.2. The van der Waals surface area contributed by atoms with Crippen LogP contribution in [-0.2, 0) is 19.2 Å². The summed E-state index contributed by atoms with van der Waals surface area (Å²) in [7, 11) is 0. The molecule has 0 amide bonds. The summed E-state index contributed by atoms with van der Waals surface area (Å²) in [5.41, 5.74) is 0. The molecular formula is C11H18O4. The lowest BCUT2D eigenvalue weighted by atomic mass is 10.0. The molecule has 0 aliphatic rings. The Balaban J connectivity index is -0.000000200. The minimum atomic E-state index is 0.250. The smallest absolute Gasteiger partial charge is 0.186 e. The van der Waals surface area contributed by atoms with Crippen molar-refractivity contribution < 1.29 is 19.2 Å². The van der Waals surface area contributed by atoms with E-state index in [4.69, 9.17) is 19.2 Å². The zero-order valence-electron chi connectivity index (χ0n) is 9.49. The van der Waals surface area contributed by atoms with Gasteiger partial charge in [-0.25, -0.2) is 0 Å². The minimum Gasteiger partial charge on any atom is -0.186 e. The zero-order valence-corrected chi connectivity index (χ0v) is 9.49. The molecule has 0 saturated carbocycles. The van der Waals surface area contributed by atoms with Crippen LogP contribution < -0.4 is 0 Å². The normalized spacial score (nSPS) is 9.80. The molecule has 0 N–H and O–H groups in total. The summed E-state index contributed by atoms with van der Waals surface area (Å²) in [4.78, 5) is 32.5. The molecule has 0 fully saturated rings. The molecule has 1 unspecified atom stereocenters. The first kappa shape index (κ1) is 19.1. The van der Waals surface area contributed by atoms with Gasteiger partial charge in [0.2, 0.25) is 0 Å². The summed E-state index contributed by atoms with van der Waals surface area (Å²) in [6.45, 7) is 6.64. The molecular weight excluding hydrogens is 196 g/mol. The van der Waals surface area contributed by atoms with Gasteiger partial charge in [0, 0.05) is 0 Å². The molecule has 0 aliphatic carbocycles. The van der Waals surface area contributed by atoms with E-state index in [1.807, 2.05) is 0 Å². The fourth-order valence-electron chi connectivity index (χ4n) is 0.752. The van der Waals surface area contributed by atoms with E-state index in [1.54, 1.807) is 0 Å². The molecule has 0 heterocycles. The fourth-order valence-corrected chi connectivity index (χ4v) is 0.752. The molecule has 0 aliphatic heterocycles. The first-order valence-electron chi connectivity index (χ1n) is 4.74. The van der Waals surface area contributed by atoms with E-state index in [0.717, 1.165) is 5.92 Å². The number of hydrogen-bond acceptors (Lipinski definition) is 4. The second-order valence-corrected chi connectivity index (χ2v) is 2.83. The Morgan fingerprint density at radius 3 is 1.80 bits per heavy atom. The van der Waals surface area contributed by atoms with Gasteiger partial charge in [-0.05, 0) is 25.7 Å². The Labute approximate surface area is 90.4 Å². The average molecular weight is 214 g/mol. The topological polar surface area (TPSA) is 68.3 Å². The van der Waals surface area contributed by atoms with E-state index in [9.17, 15) is 0 Å². The van der Waals surface area contributed by atoms with Crippen molar-refractivity contribution in [3.8, 4) is 0 Å². The second kappa shape index (κ2) is 22.9. The van der Waals surface area contributed by atoms with Gasteiger partial charge in [0.15, 0.2) is 0 Å². The molecule has 0 bridgehead atoms. The third kappa shape index (κ3) is 45.6. The highest BCUT2D eigenvalue weighted by Gasteiger charge is 1.93. The van der Waals surface area contributed by atoms with E-state index in [-0.39, 0.29) is 12.3 Å². The van der Waals surface area contributed by atoms with Crippen molar-refractivity contribution in [1.29, 1.82) is 0 Å².